The molecule has 0 unspecified atom stereocenters. The molecule has 0 amide bonds. The summed E-state index contributed by atoms with van der Waals surface area (Å²) in [6.07, 6.45) is -3.86. The molecule has 3 rings (SSSR count). The van der Waals surface area contributed by atoms with Crippen molar-refractivity contribution in [1.29, 1.82) is 0 Å². The fraction of sp³-hybridized carbons (Fsp3) is 0.889. The fourth-order valence-corrected chi connectivity index (χ4v) is 3.97. The van der Waals surface area contributed by atoms with E-state index in [4.69, 9.17) is 47.6 Å². The highest BCUT2D eigenvalue weighted by atomic mass is 16.7. The lowest BCUT2D eigenvalue weighted by Crippen LogP contribution is -2.68. The number of ether oxygens (including phenoxy) is 4. The Morgan fingerprint density at radius 3 is 2.23 bits per heavy atom. The summed E-state index contributed by atoms with van der Waals surface area (Å²) in [5, 5.41) is 31.5. The average molecular weight is 434 g/mol. The van der Waals surface area contributed by atoms with E-state index < -0.39 is 66.8 Å². The van der Waals surface area contributed by atoms with Crippen LogP contribution >= 0.6 is 0 Å². The molecule has 2 aliphatic heterocycles. The molecule has 0 radical (unpaired) electrons. The molecule has 1 saturated carbocycles. The molecule has 0 bridgehead atoms. The van der Waals surface area contributed by atoms with Gasteiger partial charge in [0, 0.05) is 12.1 Å². The predicted octanol–water partition coefficient (Wildman–Crippen LogP) is -4.11. The van der Waals surface area contributed by atoms with Crippen LogP contribution in [0, 0.1) is 0 Å². The van der Waals surface area contributed by atoms with E-state index in [1.54, 1.807) is 6.08 Å². The van der Waals surface area contributed by atoms with Crippen molar-refractivity contribution in [2.24, 2.45) is 28.7 Å². The standard InChI is InChI=1S/C18H35N5O7/c1-18(26)6-27-17(12(25)15(18)23)30-14-10(22)4-9(21)13(11(14)24)29-16-8(20)3-2-7(5-19)28-16/h2,8-17,24-26H,3-6,19-23H2,1H3/t8-,9-,10-,11+,12+,13+,14-,15+,16+,17+,18+/m1/s1. The molecular weight excluding hydrogens is 398 g/mol. The monoisotopic (exact) mass is 433 g/mol. The molecule has 174 valence electrons. The maximum absolute atomic E-state index is 10.9. The van der Waals surface area contributed by atoms with Gasteiger partial charge < -0.3 is 62.9 Å². The molecule has 1 aliphatic carbocycles. The van der Waals surface area contributed by atoms with Crippen LogP contribution < -0.4 is 28.7 Å². The molecule has 3 aliphatic rings. The Hall–Kier alpha value is -0.900. The summed E-state index contributed by atoms with van der Waals surface area (Å²) in [6.45, 7) is 1.51. The highest BCUT2D eigenvalue weighted by Gasteiger charge is 2.50. The van der Waals surface area contributed by atoms with Crippen molar-refractivity contribution in [2.75, 3.05) is 13.2 Å². The summed E-state index contributed by atoms with van der Waals surface area (Å²) in [5.41, 5.74) is 28.5. The van der Waals surface area contributed by atoms with Crippen molar-refractivity contribution in [2.45, 2.75) is 86.5 Å². The molecular formula is C18H35N5O7. The zero-order valence-electron chi connectivity index (χ0n) is 17.0. The van der Waals surface area contributed by atoms with E-state index in [2.05, 4.69) is 0 Å². The molecule has 1 saturated heterocycles. The second-order valence-electron chi connectivity index (χ2n) is 8.57. The molecule has 0 aromatic rings. The first kappa shape index (κ1) is 23.8. The van der Waals surface area contributed by atoms with E-state index in [1.807, 2.05) is 0 Å². The molecule has 0 spiro atoms. The molecule has 2 fully saturated rings. The van der Waals surface area contributed by atoms with Crippen molar-refractivity contribution >= 4 is 0 Å². The van der Waals surface area contributed by atoms with Gasteiger partial charge in [0.2, 0.25) is 6.29 Å². The molecule has 2 heterocycles. The first-order valence-electron chi connectivity index (χ1n) is 10.1. The Morgan fingerprint density at radius 1 is 1.03 bits per heavy atom. The van der Waals surface area contributed by atoms with Crippen molar-refractivity contribution in [3.63, 3.8) is 0 Å². The van der Waals surface area contributed by atoms with Gasteiger partial charge in [-0.3, -0.25) is 0 Å². The number of nitrogens with two attached hydrogens (primary N) is 5. The van der Waals surface area contributed by atoms with Gasteiger partial charge in [0.05, 0.1) is 25.2 Å². The summed E-state index contributed by atoms with van der Waals surface area (Å²) in [4.78, 5) is 0. The fourth-order valence-electron chi connectivity index (χ4n) is 3.97. The molecule has 11 atom stereocenters. The summed E-state index contributed by atoms with van der Waals surface area (Å²) in [7, 11) is 0. The minimum atomic E-state index is -1.41. The maximum Gasteiger partial charge on any atom is 0.215 e. The normalized spacial score (nSPS) is 50.0. The van der Waals surface area contributed by atoms with Crippen LogP contribution in [0.4, 0.5) is 0 Å². The number of hydrogen-bond donors (Lipinski definition) is 8. The smallest absolute Gasteiger partial charge is 0.215 e. The first-order chi connectivity index (χ1) is 14.0. The minimum Gasteiger partial charge on any atom is -0.467 e. The highest BCUT2D eigenvalue weighted by Crippen LogP contribution is 2.30. The Morgan fingerprint density at radius 2 is 1.63 bits per heavy atom. The summed E-state index contributed by atoms with van der Waals surface area (Å²) < 4.78 is 22.8. The zero-order valence-corrected chi connectivity index (χ0v) is 17.0. The Kier molecular flexibility index (Phi) is 7.37. The van der Waals surface area contributed by atoms with E-state index in [0.29, 0.717) is 12.2 Å². The second kappa shape index (κ2) is 9.30. The lowest BCUT2D eigenvalue weighted by molar-refractivity contribution is -0.300. The van der Waals surface area contributed by atoms with Crippen LogP contribution in [0.5, 0.6) is 0 Å². The molecule has 12 nitrogen and oxygen atoms in total. The van der Waals surface area contributed by atoms with Crippen LogP contribution in [0.3, 0.4) is 0 Å². The molecule has 0 aromatic heterocycles. The largest absolute Gasteiger partial charge is 0.467 e. The van der Waals surface area contributed by atoms with Crippen molar-refractivity contribution in [3.8, 4) is 0 Å². The van der Waals surface area contributed by atoms with Crippen LogP contribution in [0.2, 0.25) is 0 Å². The maximum atomic E-state index is 10.9. The zero-order chi connectivity index (χ0) is 22.2. The van der Waals surface area contributed by atoms with E-state index in [1.165, 1.54) is 6.92 Å². The van der Waals surface area contributed by atoms with E-state index in [-0.39, 0.29) is 19.6 Å². The molecule has 30 heavy (non-hydrogen) atoms. The van der Waals surface area contributed by atoms with Crippen LogP contribution in [-0.2, 0) is 18.9 Å². The third kappa shape index (κ3) is 4.79. The summed E-state index contributed by atoms with van der Waals surface area (Å²) in [5.74, 6) is 0.546. The molecule has 0 aromatic carbocycles. The van der Waals surface area contributed by atoms with Crippen LogP contribution in [-0.4, -0.2) is 95.2 Å². The topological polar surface area (TPSA) is 228 Å². The van der Waals surface area contributed by atoms with E-state index in [9.17, 15) is 15.3 Å². The summed E-state index contributed by atoms with van der Waals surface area (Å²) in [6, 6.07) is -2.71. The lowest BCUT2D eigenvalue weighted by atomic mass is 9.84. The quantitative estimate of drug-likeness (QED) is 0.207. The third-order valence-corrected chi connectivity index (χ3v) is 5.98. The lowest BCUT2D eigenvalue weighted by Gasteiger charge is -2.47. The predicted molar refractivity (Wildman–Crippen MR) is 105 cm³/mol. The Balaban J connectivity index is 1.68. The van der Waals surface area contributed by atoms with E-state index in [0.717, 1.165) is 0 Å². The van der Waals surface area contributed by atoms with Crippen molar-refractivity contribution in [1.82, 2.24) is 0 Å². The average Bonchev–Trinajstić information content (AvgIpc) is 2.69. The number of hydrogen-bond acceptors (Lipinski definition) is 12. The minimum absolute atomic E-state index is 0.146. The van der Waals surface area contributed by atoms with Gasteiger partial charge in [-0.1, -0.05) is 0 Å². The molecule has 12 heteroatoms. The van der Waals surface area contributed by atoms with Crippen molar-refractivity contribution in [3.05, 3.63) is 11.8 Å². The van der Waals surface area contributed by atoms with Crippen LogP contribution in [0.25, 0.3) is 0 Å². The Labute approximate surface area is 175 Å². The SMILES string of the molecule is C[C@]1(O)CO[C@@H](O[C@H]2[C@@H](O)[C@@H](O[C@@H]3OC(CN)=CC[C@H]3N)[C@H](N)C[C@H]2N)[C@@H](O)[C@@H]1N. The van der Waals surface area contributed by atoms with Gasteiger partial charge in [-0.15, -0.1) is 0 Å². The van der Waals surface area contributed by atoms with E-state index >= 15 is 0 Å². The highest BCUT2D eigenvalue weighted by molar-refractivity contribution is 5.04. The van der Waals surface area contributed by atoms with Gasteiger partial charge >= 0.3 is 0 Å². The van der Waals surface area contributed by atoms with Gasteiger partial charge in [0.1, 0.15) is 35.8 Å². The molecule has 13 N–H and O–H groups in total. The van der Waals surface area contributed by atoms with Gasteiger partial charge in [-0.2, -0.15) is 0 Å². The Bertz CT molecular complexity index is 624. The van der Waals surface area contributed by atoms with Gasteiger partial charge in [0.25, 0.3) is 0 Å². The third-order valence-electron chi connectivity index (χ3n) is 5.98. The van der Waals surface area contributed by atoms with Crippen molar-refractivity contribution < 1.29 is 34.3 Å². The van der Waals surface area contributed by atoms with Gasteiger partial charge in [-0.05, 0) is 25.8 Å². The number of rotatable bonds is 5. The van der Waals surface area contributed by atoms with Gasteiger partial charge in [-0.25, -0.2) is 0 Å². The number of aliphatic hydroxyl groups excluding tert-OH is 2. The number of aliphatic hydroxyl groups is 3. The van der Waals surface area contributed by atoms with Gasteiger partial charge in [0.15, 0.2) is 6.29 Å². The second-order valence-corrected chi connectivity index (χ2v) is 8.57. The van der Waals surface area contributed by atoms with Crippen LogP contribution in [0.15, 0.2) is 11.8 Å². The summed E-state index contributed by atoms with van der Waals surface area (Å²) >= 11 is 0. The van der Waals surface area contributed by atoms with Crippen LogP contribution in [0.1, 0.15) is 19.8 Å². The first-order valence-corrected chi connectivity index (χ1v) is 10.1.